The minimum Gasteiger partial charge on any atom is -0.326 e. The number of hydrogen-bond acceptors (Lipinski definition) is 6. The van der Waals surface area contributed by atoms with Crippen molar-refractivity contribution in [1.82, 2.24) is 24.3 Å². The van der Waals surface area contributed by atoms with E-state index in [9.17, 15) is 14.0 Å². The number of nitrogens with one attached hydrogen (secondary N) is 1. The number of pyridine rings is 1. The molecule has 1 atom stereocenters. The lowest BCUT2D eigenvalue weighted by Crippen LogP contribution is -2.27. The molecule has 0 fully saturated rings. The third-order valence-corrected chi connectivity index (χ3v) is 5.92. The second-order valence-electron chi connectivity index (χ2n) is 6.79. The van der Waals surface area contributed by atoms with Gasteiger partial charge in [0, 0.05) is 30.3 Å². The fraction of sp³-hybridized carbons (Fsp3) is 0.150. The van der Waals surface area contributed by atoms with Crippen LogP contribution in [0.2, 0.25) is 0 Å². The molecular formula is C20H15FN6O2S. The molecule has 5 rings (SSSR count). The summed E-state index contributed by atoms with van der Waals surface area (Å²) in [6, 6.07) is 8.92. The third kappa shape index (κ3) is 3.24. The van der Waals surface area contributed by atoms with Gasteiger partial charge in [-0.25, -0.2) is 14.1 Å². The zero-order chi connectivity index (χ0) is 20.7. The van der Waals surface area contributed by atoms with Crippen molar-refractivity contribution < 1.29 is 9.18 Å². The van der Waals surface area contributed by atoms with E-state index in [-0.39, 0.29) is 29.7 Å². The number of thioether (sulfide) groups is 1. The van der Waals surface area contributed by atoms with Crippen LogP contribution in [-0.4, -0.2) is 36.0 Å². The van der Waals surface area contributed by atoms with Crippen molar-refractivity contribution in [2.24, 2.45) is 0 Å². The molecule has 0 saturated heterocycles. The largest absolute Gasteiger partial charge is 0.326 e. The summed E-state index contributed by atoms with van der Waals surface area (Å²) in [6.45, 7) is 0. The summed E-state index contributed by atoms with van der Waals surface area (Å²) in [5.74, 6) is 0.0315. The first-order valence-electron chi connectivity index (χ1n) is 9.19. The molecule has 0 bridgehead atoms. The Balaban J connectivity index is 1.46. The standard InChI is InChI=1S/C20H15FN6O2S/c21-12-1-3-14(4-2-12)27-18-16(10-23-27)19(29)26-15(11-30-20(26)25-18)9-17(28)24-13-5-7-22-8-6-13/h1-8,10,15H,9,11H2,(H,22,24,28). The van der Waals surface area contributed by atoms with Crippen LogP contribution in [0.4, 0.5) is 10.1 Å². The van der Waals surface area contributed by atoms with Gasteiger partial charge >= 0.3 is 0 Å². The summed E-state index contributed by atoms with van der Waals surface area (Å²) in [6.07, 6.45) is 4.81. The number of carbonyl (C=O) groups excluding carboxylic acids is 1. The zero-order valence-electron chi connectivity index (χ0n) is 15.5. The minimum atomic E-state index is -0.354. The molecule has 4 heterocycles. The number of benzene rings is 1. The van der Waals surface area contributed by atoms with Crippen LogP contribution < -0.4 is 10.9 Å². The van der Waals surface area contributed by atoms with E-state index in [1.165, 1.54) is 34.8 Å². The molecule has 150 valence electrons. The fourth-order valence-electron chi connectivity index (χ4n) is 3.41. The fourth-order valence-corrected chi connectivity index (χ4v) is 4.54. The van der Waals surface area contributed by atoms with Gasteiger partial charge in [-0.15, -0.1) is 0 Å². The van der Waals surface area contributed by atoms with Crippen LogP contribution >= 0.6 is 11.8 Å². The summed E-state index contributed by atoms with van der Waals surface area (Å²) in [7, 11) is 0. The van der Waals surface area contributed by atoms with Gasteiger partial charge in [-0.2, -0.15) is 5.10 Å². The highest BCUT2D eigenvalue weighted by Crippen LogP contribution is 2.33. The highest BCUT2D eigenvalue weighted by Gasteiger charge is 2.29. The quantitative estimate of drug-likeness (QED) is 0.508. The maximum atomic E-state index is 13.2. The van der Waals surface area contributed by atoms with Crippen molar-refractivity contribution in [3.8, 4) is 5.69 Å². The molecule has 0 radical (unpaired) electrons. The number of carbonyl (C=O) groups is 1. The number of hydrogen-bond donors (Lipinski definition) is 1. The average Bonchev–Trinajstić information content (AvgIpc) is 3.34. The first-order valence-corrected chi connectivity index (χ1v) is 10.2. The molecule has 3 aromatic heterocycles. The van der Waals surface area contributed by atoms with E-state index in [0.717, 1.165) is 0 Å². The molecular weight excluding hydrogens is 407 g/mol. The minimum absolute atomic E-state index is 0.154. The molecule has 0 spiro atoms. The molecule has 1 aliphatic heterocycles. The number of fused-ring (bicyclic) bond motifs is 2. The lowest BCUT2D eigenvalue weighted by atomic mass is 10.2. The number of aromatic nitrogens is 5. The number of nitrogens with zero attached hydrogens (tertiary/aromatic N) is 5. The van der Waals surface area contributed by atoms with E-state index in [1.54, 1.807) is 41.2 Å². The Kier molecular flexibility index (Phi) is 4.55. The summed E-state index contributed by atoms with van der Waals surface area (Å²) in [4.78, 5) is 34.1. The zero-order valence-corrected chi connectivity index (χ0v) is 16.3. The molecule has 1 aromatic carbocycles. The highest BCUT2D eigenvalue weighted by molar-refractivity contribution is 7.99. The van der Waals surface area contributed by atoms with Gasteiger partial charge in [-0.3, -0.25) is 19.1 Å². The van der Waals surface area contributed by atoms with E-state index in [2.05, 4.69) is 20.4 Å². The number of anilines is 1. The summed E-state index contributed by atoms with van der Waals surface area (Å²) >= 11 is 1.42. The van der Waals surface area contributed by atoms with Crippen LogP contribution in [-0.2, 0) is 4.79 Å². The van der Waals surface area contributed by atoms with Gasteiger partial charge in [0.15, 0.2) is 10.8 Å². The maximum absolute atomic E-state index is 13.2. The Morgan fingerprint density at radius 1 is 1.20 bits per heavy atom. The lowest BCUT2D eigenvalue weighted by molar-refractivity contribution is -0.116. The highest BCUT2D eigenvalue weighted by atomic mass is 32.2. The predicted octanol–water partition coefficient (Wildman–Crippen LogP) is 2.79. The maximum Gasteiger partial charge on any atom is 0.265 e. The van der Waals surface area contributed by atoms with Crippen LogP contribution in [0.1, 0.15) is 12.5 Å². The van der Waals surface area contributed by atoms with Gasteiger partial charge < -0.3 is 5.32 Å². The summed E-state index contributed by atoms with van der Waals surface area (Å²) in [5.41, 5.74) is 1.43. The first-order chi connectivity index (χ1) is 14.6. The molecule has 4 aromatic rings. The molecule has 0 aliphatic carbocycles. The Morgan fingerprint density at radius 2 is 1.97 bits per heavy atom. The average molecular weight is 422 g/mol. The van der Waals surface area contributed by atoms with Gasteiger partial charge in [0.1, 0.15) is 11.2 Å². The van der Waals surface area contributed by atoms with Gasteiger partial charge in [-0.1, -0.05) is 11.8 Å². The molecule has 1 aliphatic rings. The summed E-state index contributed by atoms with van der Waals surface area (Å²) < 4.78 is 16.3. The molecule has 30 heavy (non-hydrogen) atoms. The Bertz CT molecular complexity index is 1300. The topological polar surface area (TPSA) is 94.7 Å². The van der Waals surface area contributed by atoms with Gasteiger partial charge in [-0.05, 0) is 36.4 Å². The van der Waals surface area contributed by atoms with Crippen LogP contribution in [0.15, 0.2) is 64.9 Å². The summed E-state index contributed by atoms with van der Waals surface area (Å²) in [5, 5.41) is 7.97. The van der Waals surface area contributed by atoms with E-state index in [4.69, 9.17) is 0 Å². The van der Waals surface area contributed by atoms with E-state index >= 15 is 0 Å². The predicted molar refractivity (Wildman–Crippen MR) is 110 cm³/mol. The van der Waals surface area contributed by atoms with Crippen LogP contribution in [0.5, 0.6) is 0 Å². The SMILES string of the molecule is O=C(CC1CSc2nc3c(cnn3-c3ccc(F)cc3)c(=O)n21)Nc1ccncc1. The van der Waals surface area contributed by atoms with Crippen LogP contribution in [0.25, 0.3) is 16.7 Å². The second kappa shape index (κ2) is 7.38. The van der Waals surface area contributed by atoms with Crippen molar-refractivity contribution in [3.63, 3.8) is 0 Å². The molecule has 1 N–H and O–H groups in total. The number of amides is 1. The smallest absolute Gasteiger partial charge is 0.265 e. The molecule has 1 amide bonds. The number of rotatable bonds is 4. The van der Waals surface area contributed by atoms with Gasteiger partial charge in [0.2, 0.25) is 5.91 Å². The Labute approximate surface area is 173 Å². The monoisotopic (exact) mass is 422 g/mol. The normalized spacial score (nSPS) is 15.3. The van der Waals surface area contributed by atoms with Crippen molar-refractivity contribution in [3.05, 3.63) is 71.2 Å². The Hall–Kier alpha value is -3.53. The first kappa shape index (κ1) is 18.5. The lowest BCUT2D eigenvalue weighted by Gasteiger charge is -2.13. The number of halogens is 1. The van der Waals surface area contributed by atoms with E-state index in [0.29, 0.717) is 33.3 Å². The van der Waals surface area contributed by atoms with Gasteiger partial charge in [0.25, 0.3) is 5.56 Å². The van der Waals surface area contributed by atoms with E-state index in [1.807, 2.05) is 0 Å². The van der Waals surface area contributed by atoms with Gasteiger partial charge in [0.05, 0.1) is 17.9 Å². The molecule has 0 saturated carbocycles. The van der Waals surface area contributed by atoms with Crippen molar-refractivity contribution in [1.29, 1.82) is 0 Å². The van der Waals surface area contributed by atoms with Crippen molar-refractivity contribution in [2.75, 3.05) is 11.1 Å². The molecule has 10 heteroatoms. The Morgan fingerprint density at radius 3 is 2.73 bits per heavy atom. The second-order valence-corrected chi connectivity index (χ2v) is 7.78. The van der Waals surface area contributed by atoms with Crippen LogP contribution in [0, 0.1) is 5.82 Å². The van der Waals surface area contributed by atoms with E-state index < -0.39 is 0 Å². The van der Waals surface area contributed by atoms with Crippen molar-refractivity contribution in [2.45, 2.75) is 17.6 Å². The van der Waals surface area contributed by atoms with Crippen molar-refractivity contribution >= 4 is 34.4 Å². The molecule has 8 nitrogen and oxygen atoms in total. The third-order valence-electron chi connectivity index (χ3n) is 4.83. The molecule has 1 unspecified atom stereocenters. The van der Waals surface area contributed by atoms with Crippen LogP contribution in [0.3, 0.4) is 0 Å².